The van der Waals surface area contributed by atoms with Gasteiger partial charge in [0, 0.05) is 11.9 Å². The van der Waals surface area contributed by atoms with Crippen LogP contribution in [-0.2, 0) is 14.8 Å². The van der Waals surface area contributed by atoms with Gasteiger partial charge in [-0.25, -0.2) is 23.3 Å². The lowest BCUT2D eigenvalue weighted by molar-refractivity contribution is 0.0526. The van der Waals surface area contributed by atoms with Gasteiger partial charge in [-0.05, 0) is 43.3 Å². The van der Waals surface area contributed by atoms with Crippen LogP contribution in [0, 0.1) is 0 Å². The maximum absolute atomic E-state index is 11.5. The van der Waals surface area contributed by atoms with Crippen molar-refractivity contribution in [3.8, 4) is 0 Å². The molecule has 0 amide bonds. The quantitative estimate of drug-likeness (QED) is 0.810. The highest BCUT2D eigenvalue weighted by Crippen LogP contribution is 2.21. The molecule has 0 aliphatic heterocycles. The summed E-state index contributed by atoms with van der Waals surface area (Å²) in [6, 6.07) is 9.22. The second-order valence-electron chi connectivity index (χ2n) is 4.32. The highest BCUT2D eigenvalue weighted by Gasteiger charge is 2.15. The summed E-state index contributed by atoms with van der Waals surface area (Å²) in [5.41, 5.74) is 0.969. The average molecular weight is 321 g/mol. The smallest absolute Gasteiger partial charge is 0.338 e. The van der Waals surface area contributed by atoms with Crippen LogP contribution in [0.4, 0.5) is 11.5 Å². The van der Waals surface area contributed by atoms with Crippen molar-refractivity contribution >= 4 is 27.5 Å². The van der Waals surface area contributed by atoms with Crippen LogP contribution >= 0.6 is 0 Å². The Balaban J connectivity index is 2.24. The van der Waals surface area contributed by atoms with Gasteiger partial charge in [-0.2, -0.15) is 0 Å². The third-order valence-corrected chi connectivity index (χ3v) is 3.68. The topological polar surface area (TPSA) is 111 Å². The highest BCUT2D eigenvalue weighted by molar-refractivity contribution is 7.89. The van der Waals surface area contributed by atoms with Crippen LogP contribution in [-0.4, -0.2) is 26.0 Å². The Morgan fingerprint density at radius 1 is 1.27 bits per heavy atom. The van der Waals surface area contributed by atoms with E-state index in [9.17, 15) is 13.2 Å². The third-order valence-electron chi connectivity index (χ3n) is 2.74. The SMILES string of the molecule is CCOC(=O)c1ccc(Nc2ncccc2S(N)(=O)=O)cc1. The number of pyridine rings is 1. The minimum absolute atomic E-state index is 0.107. The van der Waals surface area contributed by atoms with Crippen LogP contribution in [0.25, 0.3) is 0 Å². The molecule has 0 spiro atoms. The normalized spacial score (nSPS) is 11.0. The van der Waals surface area contributed by atoms with Crippen LogP contribution in [0.5, 0.6) is 0 Å². The number of sulfonamides is 1. The van der Waals surface area contributed by atoms with Crippen molar-refractivity contribution in [2.75, 3.05) is 11.9 Å². The van der Waals surface area contributed by atoms with Gasteiger partial charge in [-0.1, -0.05) is 0 Å². The molecule has 1 aromatic carbocycles. The van der Waals surface area contributed by atoms with Crippen molar-refractivity contribution < 1.29 is 17.9 Å². The second-order valence-corrected chi connectivity index (χ2v) is 5.85. The molecule has 0 aliphatic carbocycles. The van der Waals surface area contributed by atoms with E-state index in [1.165, 1.54) is 18.3 Å². The fourth-order valence-electron chi connectivity index (χ4n) is 1.75. The van der Waals surface area contributed by atoms with Gasteiger partial charge < -0.3 is 10.1 Å². The molecule has 8 heteroatoms. The molecule has 0 bridgehead atoms. The number of ether oxygens (including phenoxy) is 1. The first-order chi connectivity index (χ1) is 10.4. The van der Waals surface area contributed by atoms with Crippen molar-refractivity contribution in [1.82, 2.24) is 4.98 Å². The van der Waals surface area contributed by atoms with Gasteiger partial charge in [-0.15, -0.1) is 0 Å². The number of carbonyl (C=O) groups is 1. The van der Waals surface area contributed by atoms with E-state index in [1.54, 1.807) is 31.2 Å². The zero-order valence-electron chi connectivity index (χ0n) is 11.8. The number of hydrogen-bond donors (Lipinski definition) is 2. The number of benzene rings is 1. The Morgan fingerprint density at radius 3 is 2.55 bits per heavy atom. The molecule has 0 saturated carbocycles. The van der Waals surface area contributed by atoms with Gasteiger partial charge in [0.1, 0.15) is 4.90 Å². The lowest BCUT2D eigenvalue weighted by Gasteiger charge is -2.09. The Labute approximate surface area is 128 Å². The molecule has 0 aliphatic rings. The minimum Gasteiger partial charge on any atom is -0.462 e. The molecule has 3 N–H and O–H groups in total. The number of nitrogens with one attached hydrogen (secondary N) is 1. The van der Waals surface area contributed by atoms with E-state index in [1.807, 2.05) is 0 Å². The molecular formula is C14H15N3O4S. The van der Waals surface area contributed by atoms with Gasteiger partial charge in [0.05, 0.1) is 12.2 Å². The number of carbonyl (C=O) groups excluding carboxylic acids is 1. The molecule has 116 valence electrons. The summed E-state index contributed by atoms with van der Waals surface area (Å²) in [6.45, 7) is 2.02. The summed E-state index contributed by atoms with van der Waals surface area (Å²) >= 11 is 0. The number of primary sulfonamides is 1. The van der Waals surface area contributed by atoms with Crippen molar-refractivity contribution in [3.63, 3.8) is 0 Å². The molecule has 0 fully saturated rings. The number of rotatable bonds is 5. The van der Waals surface area contributed by atoms with E-state index in [2.05, 4.69) is 10.3 Å². The number of anilines is 2. The van der Waals surface area contributed by atoms with E-state index < -0.39 is 16.0 Å². The Bertz CT molecular complexity index is 773. The van der Waals surface area contributed by atoms with Crippen molar-refractivity contribution in [1.29, 1.82) is 0 Å². The molecule has 1 heterocycles. The summed E-state index contributed by atoms with van der Waals surface area (Å²) in [5, 5.41) is 7.99. The molecular weight excluding hydrogens is 306 g/mol. The molecule has 2 rings (SSSR count). The molecule has 0 atom stereocenters. The molecule has 1 aromatic heterocycles. The van der Waals surface area contributed by atoms with Crippen LogP contribution in [0.15, 0.2) is 47.5 Å². The zero-order valence-corrected chi connectivity index (χ0v) is 12.6. The number of aromatic nitrogens is 1. The summed E-state index contributed by atoms with van der Waals surface area (Å²) in [5.74, 6) is -0.300. The Kier molecular flexibility index (Phi) is 4.74. The first-order valence-electron chi connectivity index (χ1n) is 6.44. The number of esters is 1. The van der Waals surface area contributed by atoms with Crippen LogP contribution < -0.4 is 10.5 Å². The molecule has 7 nitrogen and oxygen atoms in total. The van der Waals surface area contributed by atoms with Crippen LogP contribution in [0.2, 0.25) is 0 Å². The van der Waals surface area contributed by atoms with E-state index in [4.69, 9.17) is 9.88 Å². The first kappa shape index (κ1) is 15.9. The van der Waals surface area contributed by atoms with Crippen molar-refractivity contribution in [2.45, 2.75) is 11.8 Å². The van der Waals surface area contributed by atoms with E-state index in [-0.39, 0.29) is 10.7 Å². The summed E-state index contributed by atoms with van der Waals surface area (Å²) in [4.78, 5) is 15.4. The summed E-state index contributed by atoms with van der Waals surface area (Å²) in [6.07, 6.45) is 1.45. The predicted molar refractivity (Wildman–Crippen MR) is 81.3 cm³/mol. The first-order valence-corrected chi connectivity index (χ1v) is 7.98. The van der Waals surface area contributed by atoms with E-state index >= 15 is 0 Å². The Morgan fingerprint density at radius 2 is 1.95 bits per heavy atom. The van der Waals surface area contributed by atoms with Crippen molar-refractivity contribution in [3.05, 3.63) is 48.2 Å². The third kappa shape index (κ3) is 3.80. The Hall–Kier alpha value is -2.45. The van der Waals surface area contributed by atoms with Gasteiger partial charge in [0.25, 0.3) is 0 Å². The maximum Gasteiger partial charge on any atom is 0.338 e. The summed E-state index contributed by atoms with van der Waals surface area (Å²) in [7, 11) is -3.88. The van der Waals surface area contributed by atoms with Gasteiger partial charge in [-0.3, -0.25) is 0 Å². The minimum atomic E-state index is -3.88. The van der Waals surface area contributed by atoms with Crippen LogP contribution in [0.1, 0.15) is 17.3 Å². The van der Waals surface area contributed by atoms with Gasteiger partial charge in [0.2, 0.25) is 10.0 Å². The fraction of sp³-hybridized carbons (Fsp3) is 0.143. The molecule has 0 saturated heterocycles. The molecule has 22 heavy (non-hydrogen) atoms. The van der Waals surface area contributed by atoms with Crippen molar-refractivity contribution in [2.24, 2.45) is 5.14 Å². The number of hydrogen-bond acceptors (Lipinski definition) is 6. The van der Waals surface area contributed by atoms with Crippen LogP contribution in [0.3, 0.4) is 0 Å². The monoisotopic (exact) mass is 321 g/mol. The maximum atomic E-state index is 11.5. The largest absolute Gasteiger partial charge is 0.462 e. The standard InChI is InChI=1S/C14H15N3O4S/c1-2-21-14(18)10-5-7-11(8-6-10)17-13-12(22(15,19)20)4-3-9-16-13/h3-9H,2H2,1H3,(H,16,17)(H2,15,19,20). The number of nitrogens with zero attached hydrogens (tertiary/aromatic N) is 1. The molecule has 0 unspecified atom stereocenters. The lowest BCUT2D eigenvalue weighted by atomic mass is 10.2. The molecule has 0 radical (unpaired) electrons. The second kappa shape index (κ2) is 6.54. The molecule has 2 aromatic rings. The van der Waals surface area contributed by atoms with Gasteiger partial charge in [0.15, 0.2) is 5.82 Å². The summed E-state index contributed by atoms with van der Waals surface area (Å²) < 4.78 is 27.9. The van der Waals surface area contributed by atoms with E-state index in [0.29, 0.717) is 17.9 Å². The lowest BCUT2D eigenvalue weighted by Crippen LogP contribution is -2.14. The number of nitrogens with two attached hydrogens (primary N) is 1. The van der Waals surface area contributed by atoms with Gasteiger partial charge >= 0.3 is 5.97 Å². The average Bonchev–Trinajstić information content (AvgIpc) is 2.48. The fourth-order valence-corrected chi connectivity index (χ4v) is 2.40. The predicted octanol–water partition coefficient (Wildman–Crippen LogP) is 1.65. The van der Waals surface area contributed by atoms with E-state index in [0.717, 1.165) is 0 Å². The highest BCUT2D eigenvalue weighted by atomic mass is 32.2. The zero-order chi connectivity index (χ0) is 16.2.